The molecule has 1 aromatic heterocycles. The third kappa shape index (κ3) is 4.46. The second kappa shape index (κ2) is 7.79. The summed E-state index contributed by atoms with van der Waals surface area (Å²) >= 11 is 6.23. The maximum atomic E-state index is 12.1. The maximum absolute atomic E-state index is 12.1. The van der Waals surface area contributed by atoms with Crippen molar-refractivity contribution in [2.45, 2.75) is 26.4 Å². The molecule has 2 aromatic rings. The van der Waals surface area contributed by atoms with Crippen molar-refractivity contribution in [1.82, 2.24) is 25.6 Å². The van der Waals surface area contributed by atoms with E-state index in [0.717, 1.165) is 5.56 Å². The molecule has 0 aliphatic heterocycles. The molecule has 22 heavy (non-hydrogen) atoms. The molecule has 0 fully saturated rings. The summed E-state index contributed by atoms with van der Waals surface area (Å²) in [5.74, 6) is 0.223. The number of carbonyl (C=O) groups is 1. The van der Waals surface area contributed by atoms with E-state index < -0.39 is 0 Å². The van der Waals surface area contributed by atoms with Crippen LogP contribution >= 0.6 is 11.6 Å². The summed E-state index contributed by atoms with van der Waals surface area (Å²) in [4.78, 5) is 12.1. The van der Waals surface area contributed by atoms with Crippen LogP contribution in [0.4, 0.5) is 4.79 Å². The van der Waals surface area contributed by atoms with Crippen LogP contribution in [-0.4, -0.2) is 27.6 Å². The lowest BCUT2D eigenvalue weighted by Gasteiger charge is -2.24. The predicted octanol–water partition coefficient (Wildman–Crippen LogP) is 2.63. The van der Waals surface area contributed by atoms with Crippen LogP contribution in [0.25, 0.3) is 0 Å². The molecule has 0 radical (unpaired) electrons. The van der Waals surface area contributed by atoms with Gasteiger partial charge in [-0.3, -0.25) is 4.68 Å². The highest BCUT2D eigenvalue weighted by atomic mass is 35.5. The van der Waals surface area contributed by atoms with E-state index in [4.69, 9.17) is 11.6 Å². The quantitative estimate of drug-likeness (QED) is 0.859. The first-order valence-corrected chi connectivity index (χ1v) is 7.58. The van der Waals surface area contributed by atoms with Crippen LogP contribution in [0.2, 0.25) is 5.02 Å². The third-order valence-electron chi connectivity index (χ3n) is 3.29. The summed E-state index contributed by atoms with van der Waals surface area (Å²) in [5, 5.41) is 14.0. The van der Waals surface area contributed by atoms with E-state index >= 15 is 0 Å². The zero-order valence-electron chi connectivity index (χ0n) is 12.7. The van der Waals surface area contributed by atoms with Crippen LogP contribution in [0.3, 0.4) is 0 Å². The fourth-order valence-corrected chi connectivity index (χ4v) is 2.41. The van der Waals surface area contributed by atoms with Gasteiger partial charge < -0.3 is 10.6 Å². The Morgan fingerprint density at radius 1 is 1.36 bits per heavy atom. The Morgan fingerprint density at radius 2 is 2.14 bits per heavy atom. The Labute approximate surface area is 134 Å². The Morgan fingerprint density at radius 3 is 2.77 bits per heavy atom. The van der Waals surface area contributed by atoms with Crippen molar-refractivity contribution in [2.75, 3.05) is 6.54 Å². The van der Waals surface area contributed by atoms with Crippen LogP contribution in [-0.2, 0) is 6.54 Å². The van der Waals surface area contributed by atoms with Gasteiger partial charge >= 0.3 is 6.03 Å². The van der Waals surface area contributed by atoms with Crippen LogP contribution in [0.5, 0.6) is 0 Å². The van der Waals surface area contributed by atoms with E-state index in [9.17, 15) is 4.79 Å². The number of urea groups is 1. The minimum atomic E-state index is -0.223. The van der Waals surface area contributed by atoms with Crippen LogP contribution in [0.1, 0.15) is 25.5 Å². The fraction of sp³-hybridized carbons (Fsp3) is 0.400. The molecular weight excluding hydrogens is 302 g/mol. The van der Waals surface area contributed by atoms with Crippen LogP contribution in [0, 0.1) is 5.92 Å². The van der Waals surface area contributed by atoms with Gasteiger partial charge in [0.25, 0.3) is 0 Å². The van der Waals surface area contributed by atoms with Gasteiger partial charge in [0.1, 0.15) is 0 Å². The molecule has 2 rings (SSSR count). The van der Waals surface area contributed by atoms with E-state index in [2.05, 4.69) is 20.9 Å². The summed E-state index contributed by atoms with van der Waals surface area (Å²) < 4.78 is 1.66. The summed E-state index contributed by atoms with van der Waals surface area (Å²) in [7, 11) is 0. The molecule has 7 heteroatoms. The van der Waals surface area contributed by atoms with Crippen LogP contribution in [0.15, 0.2) is 36.7 Å². The maximum Gasteiger partial charge on any atom is 0.315 e. The molecule has 2 amide bonds. The first-order chi connectivity index (χ1) is 10.6. The number of amides is 2. The highest BCUT2D eigenvalue weighted by Gasteiger charge is 2.20. The predicted molar refractivity (Wildman–Crippen MR) is 85.6 cm³/mol. The molecule has 0 spiro atoms. The lowest BCUT2D eigenvalue weighted by Crippen LogP contribution is -2.41. The molecule has 0 unspecified atom stereocenters. The number of hydrogen-bond acceptors (Lipinski definition) is 3. The van der Waals surface area contributed by atoms with Gasteiger partial charge in [0.05, 0.1) is 18.8 Å². The van der Waals surface area contributed by atoms with E-state index in [1.54, 1.807) is 17.1 Å². The fourth-order valence-electron chi connectivity index (χ4n) is 2.16. The Bertz CT molecular complexity index is 600. The highest BCUT2D eigenvalue weighted by molar-refractivity contribution is 6.31. The number of nitrogens with zero attached hydrogens (tertiary/aromatic N) is 3. The van der Waals surface area contributed by atoms with Crippen molar-refractivity contribution in [3.05, 3.63) is 47.2 Å². The zero-order valence-corrected chi connectivity index (χ0v) is 13.4. The van der Waals surface area contributed by atoms with E-state index in [0.29, 0.717) is 18.1 Å². The lowest BCUT2D eigenvalue weighted by molar-refractivity contribution is 0.232. The molecule has 2 N–H and O–H groups in total. The summed E-state index contributed by atoms with van der Waals surface area (Å²) in [6, 6.07) is 7.19. The number of rotatable bonds is 6. The number of nitrogens with one attached hydrogen (secondary N) is 2. The van der Waals surface area contributed by atoms with Gasteiger partial charge in [-0.15, -0.1) is 5.10 Å². The van der Waals surface area contributed by atoms with E-state index in [1.165, 1.54) is 0 Å². The Kier molecular flexibility index (Phi) is 5.77. The molecule has 6 nitrogen and oxygen atoms in total. The molecule has 0 saturated carbocycles. The van der Waals surface area contributed by atoms with Crippen molar-refractivity contribution in [3.8, 4) is 0 Å². The van der Waals surface area contributed by atoms with E-state index in [1.807, 2.05) is 38.1 Å². The van der Waals surface area contributed by atoms with Gasteiger partial charge in [-0.1, -0.05) is 48.9 Å². The van der Waals surface area contributed by atoms with Crippen molar-refractivity contribution in [3.63, 3.8) is 0 Å². The number of carbonyl (C=O) groups excluding carboxylic acids is 1. The van der Waals surface area contributed by atoms with Crippen LogP contribution < -0.4 is 10.6 Å². The van der Waals surface area contributed by atoms with Gasteiger partial charge in [0.2, 0.25) is 0 Å². The number of halogens is 1. The number of aromatic nitrogens is 3. The molecule has 118 valence electrons. The highest BCUT2D eigenvalue weighted by Crippen LogP contribution is 2.27. The molecule has 0 aliphatic rings. The van der Waals surface area contributed by atoms with Crippen molar-refractivity contribution in [2.24, 2.45) is 5.92 Å². The van der Waals surface area contributed by atoms with E-state index in [-0.39, 0.29) is 18.0 Å². The molecule has 1 atom stereocenters. The second-order valence-corrected chi connectivity index (χ2v) is 5.72. The molecule has 1 aromatic carbocycles. The molecule has 0 saturated heterocycles. The normalized spacial score (nSPS) is 12.2. The standard InChI is InChI=1S/C15H20ClN5O/c1-11(2)14(12-5-3-4-6-13(12)16)19-15(22)17-7-9-21-10-8-18-20-21/h3-6,8,10-11,14H,7,9H2,1-2H3,(H2,17,19,22)/t14-/m1/s1. The summed E-state index contributed by atoms with van der Waals surface area (Å²) in [6.07, 6.45) is 3.35. The average Bonchev–Trinajstić information content (AvgIpc) is 2.99. The van der Waals surface area contributed by atoms with Crippen molar-refractivity contribution < 1.29 is 4.79 Å². The minimum absolute atomic E-state index is 0.139. The summed E-state index contributed by atoms with van der Waals surface area (Å²) in [5.41, 5.74) is 0.922. The molecule has 0 bridgehead atoms. The van der Waals surface area contributed by atoms with Gasteiger partial charge in [-0.2, -0.15) is 0 Å². The van der Waals surface area contributed by atoms with Gasteiger partial charge in [-0.05, 0) is 17.5 Å². The third-order valence-corrected chi connectivity index (χ3v) is 3.64. The van der Waals surface area contributed by atoms with Gasteiger partial charge in [0, 0.05) is 17.8 Å². The topological polar surface area (TPSA) is 71.8 Å². The number of benzene rings is 1. The first-order valence-electron chi connectivity index (χ1n) is 7.21. The zero-order chi connectivity index (χ0) is 15.9. The monoisotopic (exact) mass is 321 g/mol. The first kappa shape index (κ1) is 16.3. The lowest BCUT2D eigenvalue weighted by atomic mass is 9.96. The molecule has 1 heterocycles. The minimum Gasteiger partial charge on any atom is -0.336 e. The SMILES string of the molecule is CC(C)[C@@H](NC(=O)NCCn1ccnn1)c1ccccc1Cl. The Hall–Kier alpha value is -2.08. The smallest absolute Gasteiger partial charge is 0.315 e. The Balaban J connectivity index is 1.90. The number of hydrogen-bond donors (Lipinski definition) is 2. The van der Waals surface area contributed by atoms with Gasteiger partial charge in [-0.25, -0.2) is 4.79 Å². The average molecular weight is 322 g/mol. The second-order valence-electron chi connectivity index (χ2n) is 5.31. The van der Waals surface area contributed by atoms with Crippen molar-refractivity contribution in [1.29, 1.82) is 0 Å². The largest absolute Gasteiger partial charge is 0.336 e. The van der Waals surface area contributed by atoms with Gasteiger partial charge in [0.15, 0.2) is 0 Å². The molecular formula is C15H20ClN5O. The molecule has 0 aliphatic carbocycles. The summed E-state index contributed by atoms with van der Waals surface area (Å²) in [6.45, 7) is 5.14. The van der Waals surface area contributed by atoms with Crippen molar-refractivity contribution >= 4 is 17.6 Å².